The molecular formula is C108H162N6O22. The molecule has 756 valence electrons. The van der Waals surface area contributed by atoms with Crippen LogP contribution in [-0.2, 0) is 99.8 Å². The van der Waals surface area contributed by atoms with Crippen LogP contribution in [-0.4, -0.2) is 209 Å². The molecule has 0 aromatic carbocycles. The summed E-state index contributed by atoms with van der Waals surface area (Å²) < 4.78 is 76.6. The number of nitrogens with zero attached hydrogens (tertiary/aromatic N) is 6. The van der Waals surface area contributed by atoms with Crippen molar-refractivity contribution in [3.63, 3.8) is 0 Å². The lowest BCUT2D eigenvalue weighted by atomic mass is 9.90. The minimum Gasteiger partial charge on any atom is -0.462 e. The highest BCUT2D eigenvalue weighted by molar-refractivity contribution is 5.97. The number of hydrogen-bond acceptors (Lipinski definition) is 28. The molecule has 0 saturated carbocycles. The molecule has 6 aliphatic rings. The van der Waals surface area contributed by atoms with E-state index in [0.29, 0.717) is 72.3 Å². The molecule has 28 heteroatoms. The minimum absolute atomic E-state index is 0.135. The Morgan fingerprint density at radius 1 is 0.272 bits per heavy atom. The molecule has 136 heavy (non-hydrogen) atoms. The van der Waals surface area contributed by atoms with Gasteiger partial charge in [-0.1, -0.05) is 97.1 Å². The first-order chi connectivity index (χ1) is 66.2. The van der Waals surface area contributed by atoms with Gasteiger partial charge in [0.15, 0.2) is 0 Å². The average Bonchev–Trinajstić information content (AvgIpc) is 0.878. The van der Waals surface area contributed by atoms with Crippen LogP contribution in [0.4, 0.5) is 0 Å². The van der Waals surface area contributed by atoms with E-state index in [9.17, 15) is 55.1 Å². The zero-order valence-electron chi connectivity index (χ0n) is 84.5. The van der Waals surface area contributed by atoms with Crippen molar-refractivity contribution in [2.45, 2.75) is 298 Å². The number of esters is 6. The molecule has 6 aliphatic carbocycles. The summed E-state index contributed by atoms with van der Waals surface area (Å²) in [5, 5.41) is 64.5. The first-order valence-electron chi connectivity index (χ1n) is 49.5. The number of aliphatic hydroxyl groups excluding tert-OH is 1. The molecule has 0 spiro atoms. The van der Waals surface area contributed by atoms with Gasteiger partial charge in [-0.05, 0) is 298 Å². The van der Waals surface area contributed by atoms with E-state index in [2.05, 4.69) is 6.92 Å². The Balaban J connectivity index is 0.000000817. The van der Waals surface area contributed by atoms with Gasteiger partial charge in [0.1, 0.15) is 83.1 Å². The van der Waals surface area contributed by atoms with Gasteiger partial charge in [0.05, 0.1) is 39.6 Å². The maximum atomic E-state index is 12.2. The zero-order valence-corrected chi connectivity index (χ0v) is 84.5. The molecular weight excluding hydrogens is 1730 g/mol. The van der Waals surface area contributed by atoms with E-state index in [-0.39, 0.29) is 72.4 Å². The summed E-state index contributed by atoms with van der Waals surface area (Å²) in [7, 11) is 10.1. The van der Waals surface area contributed by atoms with Crippen molar-refractivity contribution in [3.8, 4) is 36.4 Å². The fraction of sp³-hybridized carbons (Fsp3) is 0.667. The topological polar surface area (TPSA) is 404 Å². The number of rotatable bonds is 57. The van der Waals surface area contributed by atoms with Crippen LogP contribution in [0.5, 0.6) is 0 Å². The summed E-state index contributed by atoms with van der Waals surface area (Å²) in [5.41, 5.74) is 13.6. The molecule has 28 nitrogen and oxygen atoms in total. The summed E-state index contributed by atoms with van der Waals surface area (Å²) in [4.78, 5) is 72.1. The molecule has 0 bridgehead atoms. The monoisotopic (exact) mass is 1900 g/mol. The number of carbonyl (C=O) groups is 6. The molecule has 0 radical (unpaired) electrons. The number of unbranched alkanes of at least 4 members (excludes halogenated alkanes) is 7. The third-order valence-corrected chi connectivity index (χ3v) is 22.3. The maximum absolute atomic E-state index is 12.2. The third-order valence-electron chi connectivity index (χ3n) is 22.3. The predicted molar refractivity (Wildman–Crippen MR) is 523 cm³/mol. The van der Waals surface area contributed by atoms with Crippen LogP contribution in [0.3, 0.4) is 0 Å². The Morgan fingerprint density at radius 2 is 0.507 bits per heavy atom. The molecule has 1 N–H and O–H groups in total. The van der Waals surface area contributed by atoms with Gasteiger partial charge >= 0.3 is 35.8 Å². The molecule has 0 aromatic rings. The van der Waals surface area contributed by atoms with Crippen molar-refractivity contribution in [2.24, 2.45) is 5.92 Å². The quantitative estimate of drug-likeness (QED) is 0.0194. The average molecular weight is 1900 g/mol. The van der Waals surface area contributed by atoms with Gasteiger partial charge in [-0.2, -0.15) is 31.6 Å². The van der Waals surface area contributed by atoms with Crippen LogP contribution in [0.25, 0.3) is 0 Å². The first kappa shape index (κ1) is 124. The van der Waals surface area contributed by atoms with Crippen LogP contribution in [0.15, 0.2) is 137 Å². The normalized spacial score (nSPS) is 16.6. The van der Waals surface area contributed by atoms with E-state index in [1.807, 2.05) is 101 Å². The fourth-order valence-electron chi connectivity index (χ4n) is 15.2. The molecule has 0 atom stereocenters. The van der Waals surface area contributed by atoms with Gasteiger partial charge in [-0.25, -0.2) is 28.8 Å². The minimum atomic E-state index is -0.543. The second-order valence-corrected chi connectivity index (χ2v) is 33.8. The van der Waals surface area contributed by atoms with Crippen molar-refractivity contribution in [1.82, 2.24) is 0 Å². The molecule has 0 saturated heterocycles. The number of nitriles is 6. The molecule has 0 aromatic heterocycles. The fourth-order valence-corrected chi connectivity index (χ4v) is 15.2. The SMILES string of the molecule is CC(C)COC(=O)/C(C#N)=C1\C=C(CCCCO)CCC1.CCCCOCCOC(=O)/C(C#N)=C1\C=C(CCCCOC)CCC1.CCOC(=O)/C(C#N)=C1\C=C(CCCCOC)CCC1.CCOCCCOC(=O)/C(C#N)=C1\C=C(CCCCOC)CCC1.CCOCCOC(=O)/C(C#N)=C1\C=C(CCCCOC)CCC1.COCCCCC1=C/C(=C(/C#N)C(=O)OCCCOC)CCC1. The van der Waals surface area contributed by atoms with Crippen LogP contribution in [0.2, 0.25) is 0 Å². The lowest BCUT2D eigenvalue weighted by Crippen LogP contribution is -2.14. The summed E-state index contributed by atoms with van der Waals surface area (Å²) in [5.74, 6) is -2.85. The lowest BCUT2D eigenvalue weighted by molar-refractivity contribution is -0.141. The van der Waals surface area contributed by atoms with Crippen LogP contribution in [0.1, 0.15) is 298 Å². The van der Waals surface area contributed by atoms with E-state index in [0.717, 1.165) is 310 Å². The van der Waals surface area contributed by atoms with Crippen molar-refractivity contribution in [2.75, 3.05) is 168 Å². The van der Waals surface area contributed by atoms with Gasteiger partial charge in [0.25, 0.3) is 0 Å². The van der Waals surface area contributed by atoms with Gasteiger partial charge < -0.3 is 76.2 Å². The Kier molecular flexibility index (Phi) is 77.2. The van der Waals surface area contributed by atoms with E-state index in [4.69, 9.17) is 81.4 Å². The Bertz CT molecular complexity index is 4090. The highest BCUT2D eigenvalue weighted by Crippen LogP contribution is 2.35. The van der Waals surface area contributed by atoms with E-state index >= 15 is 0 Å². The molecule has 0 unspecified atom stereocenters. The lowest BCUT2D eigenvalue weighted by Gasteiger charge is -2.16. The largest absolute Gasteiger partial charge is 0.462 e. The highest BCUT2D eigenvalue weighted by atomic mass is 16.6. The number of methoxy groups -OCH3 is 6. The van der Waals surface area contributed by atoms with E-state index in [1.165, 1.54) is 33.4 Å². The maximum Gasteiger partial charge on any atom is 0.349 e. The molecule has 6 rings (SSSR count). The zero-order chi connectivity index (χ0) is 100. The van der Waals surface area contributed by atoms with E-state index in [1.54, 1.807) is 49.6 Å². The van der Waals surface area contributed by atoms with Gasteiger partial charge in [0.2, 0.25) is 0 Å². The Labute approximate surface area is 813 Å². The van der Waals surface area contributed by atoms with Crippen LogP contribution < -0.4 is 0 Å². The molecule has 0 amide bonds. The van der Waals surface area contributed by atoms with Gasteiger partial charge in [-0.15, -0.1) is 0 Å². The predicted octanol–water partition coefficient (Wildman–Crippen LogP) is 21.0. The van der Waals surface area contributed by atoms with Crippen molar-refractivity contribution < 1.29 is 105 Å². The summed E-state index contributed by atoms with van der Waals surface area (Å²) in [6.07, 6.45) is 50.2. The summed E-state index contributed by atoms with van der Waals surface area (Å²) in [6.45, 7) is 21.0. The molecule has 0 aliphatic heterocycles. The van der Waals surface area contributed by atoms with Crippen molar-refractivity contribution >= 4 is 35.8 Å². The standard InChI is InChI=1S/C20H31NO4.C19H29NO4.2C18H27NO4.C17H25NO3.C16H23NO3/c1-3-4-12-24-13-14-25-20(22)19(16-21)18-10-7-9-17(15-18)8-5-6-11-23-2;1-3-23-12-7-13-24-19(21)18(15-20)17-10-6-9-16(14-17)8-4-5-11-22-2;1-21-10-4-3-7-15-8-5-9-16(13-15)17(14-19)18(20)23-12-6-11-22-2;1-3-22-11-12-23-18(20)17(14-19)16-9-6-8-15(13-16)7-4-5-10-21-2;1-13(2)12-21-17(20)16(11-18)15-8-5-7-14(10-15)6-3-4-9-19;1-3-20-16(18)15(12-17)14-9-6-8-13(11-14)7-4-5-10-19-2/h15H,3-14H2,1-2H3;14H,3-13H2,1-2H3;2*13H,3-12H2,1-2H3;10,13,19H,3-9,12H2,1-2H3;11H,3-10H2,1-2H3/b19-18-;18-17-;2*17-16-;16-15-;15-14-. The number of allylic oxidation sites excluding steroid dienone is 18. The second kappa shape index (κ2) is 84.5. The molecule has 0 heterocycles. The van der Waals surface area contributed by atoms with Crippen LogP contribution in [0, 0.1) is 73.9 Å². The summed E-state index contributed by atoms with van der Waals surface area (Å²) in [6, 6.07) is 12.1. The number of ether oxygens (including phenoxy) is 15. The number of carbonyl (C=O) groups excluding carboxylic acids is 6. The number of hydrogen-bond donors (Lipinski definition) is 1. The Hall–Kier alpha value is -9.76. The molecule has 0 fully saturated rings. The summed E-state index contributed by atoms with van der Waals surface area (Å²) >= 11 is 0. The smallest absolute Gasteiger partial charge is 0.349 e. The van der Waals surface area contributed by atoms with Gasteiger partial charge in [-0.3, -0.25) is 0 Å². The first-order valence-corrected chi connectivity index (χ1v) is 49.5. The van der Waals surface area contributed by atoms with Crippen molar-refractivity contribution in [1.29, 1.82) is 31.6 Å². The van der Waals surface area contributed by atoms with Crippen LogP contribution >= 0.6 is 0 Å². The van der Waals surface area contributed by atoms with Gasteiger partial charge in [0, 0.05) is 128 Å². The highest BCUT2D eigenvalue weighted by Gasteiger charge is 2.26. The third kappa shape index (κ3) is 58.1. The second-order valence-electron chi connectivity index (χ2n) is 33.8. The van der Waals surface area contributed by atoms with E-state index < -0.39 is 35.8 Å². The Morgan fingerprint density at radius 3 is 0.757 bits per heavy atom. The van der Waals surface area contributed by atoms with Crippen molar-refractivity contribution in [3.05, 3.63) is 137 Å². The number of aliphatic hydroxyl groups is 1.